The summed E-state index contributed by atoms with van der Waals surface area (Å²) < 4.78 is 0. The second kappa shape index (κ2) is 7.30. The summed E-state index contributed by atoms with van der Waals surface area (Å²) in [6.45, 7) is 0. The third-order valence-corrected chi connectivity index (χ3v) is 3.58. The van der Waals surface area contributed by atoms with Gasteiger partial charge < -0.3 is 5.11 Å². The molecule has 0 heterocycles. The molecule has 0 spiro atoms. The van der Waals surface area contributed by atoms with Crippen LogP contribution < -0.4 is 0 Å². The van der Waals surface area contributed by atoms with E-state index in [4.69, 9.17) is 23.2 Å². The van der Waals surface area contributed by atoms with Crippen LogP contribution in [0.4, 0.5) is 0 Å². The fraction of sp³-hybridized carbons (Fsp3) is 0.118. The summed E-state index contributed by atoms with van der Waals surface area (Å²) in [5.41, 5.74) is 1.96. The largest absolute Gasteiger partial charge is 0.508 e. The summed E-state index contributed by atoms with van der Waals surface area (Å²) in [6.07, 6.45) is 3.67. The average molecular weight is 321 g/mol. The highest BCUT2D eigenvalue weighted by Gasteiger charge is 2.07. The lowest BCUT2D eigenvalue weighted by molar-refractivity contribution is 0.104. The number of benzene rings is 2. The van der Waals surface area contributed by atoms with Crippen molar-refractivity contribution in [2.75, 3.05) is 5.88 Å². The van der Waals surface area contributed by atoms with Crippen LogP contribution in [0.25, 0.3) is 6.08 Å². The molecule has 2 aromatic rings. The molecule has 108 valence electrons. The van der Waals surface area contributed by atoms with Crippen molar-refractivity contribution in [2.24, 2.45) is 0 Å². The van der Waals surface area contributed by atoms with E-state index in [2.05, 4.69) is 0 Å². The minimum atomic E-state index is -0.147. The molecule has 2 aromatic carbocycles. The van der Waals surface area contributed by atoms with E-state index in [0.717, 1.165) is 5.56 Å². The smallest absolute Gasteiger partial charge is 0.185 e. The van der Waals surface area contributed by atoms with Gasteiger partial charge in [-0.1, -0.05) is 29.8 Å². The lowest BCUT2D eigenvalue weighted by Crippen LogP contribution is -1.97. The zero-order valence-corrected chi connectivity index (χ0v) is 12.7. The maximum atomic E-state index is 12.2. The zero-order chi connectivity index (χ0) is 15.2. The van der Waals surface area contributed by atoms with Crippen LogP contribution in [-0.4, -0.2) is 16.8 Å². The molecule has 4 heteroatoms. The number of hydrogen-bond donors (Lipinski definition) is 1. The Morgan fingerprint density at radius 2 is 1.95 bits per heavy atom. The van der Waals surface area contributed by atoms with Crippen molar-refractivity contribution in [3.63, 3.8) is 0 Å². The van der Waals surface area contributed by atoms with Gasteiger partial charge in [0, 0.05) is 16.5 Å². The van der Waals surface area contributed by atoms with Gasteiger partial charge >= 0.3 is 0 Å². The Hall–Kier alpha value is -1.77. The first-order chi connectivity index (χ1) is 10.1. The second-order valence-corrected chi connectivity index (χ2v) is 5.29. The number of halogens is 2. The average Bonchev–Trinajstić information content (AvgIpc) is 2.48. The predicted molar refractivity (Wildman–Crippen MR) is 87.3 cm³/mol. The lowest BCUT2D eigenvalue weighted by Gasteiger charge is -2.04. The Morgan fingerprint density at radius 3 is 2.67 bits per heavy atom. The van der Waals surface area contributed by atoms with Crippen molar-refractivity contribution in [2.45, 2.75) is 6.42 Å². The van der Waals surface area contributed by atoms with Gasteiger partial charge in [-0.25, -0.2) is 0 Å². The Morgan fingerprint density at radius 1 is 1.19 bits per heavy atom. The number of aryl methyl sites for hydroxylation is 1. The molecule has 0 amide bonds. The highest BCUT2D eigenvalue weighted by Crippen LogP contribution is 2.21. The van der Waals surface area contributed by atoms with Crippen LogP contribution in [0.3, 0.4) is 0 Å². The summed E-state index contributed by atoms with van der Waals surface area (Å²) in [7, 11) is 0. The molecule has 0 aliphatic carbocycles. The predicted octanol–water partition coefficient (Wildman–Crippen LogP) is 4.72. The maximum absolute atomic E-state index is 12.2. The molecule has 0 saturated heterocycles. The minimum absolute atomic E-state index is 0.147. The number of alkyl halides is 1. The van der Waals surface area contributed by atoms with Crippen molar-refractivity contribution in [1.82, 2.24) is 0 Å². The standard InChI is InChI=1S/C17H14Cl2O2/c18-10-9-14-11-13(6-8-17(14)21)16(20)7-5-12-3-1-2-4-15(12)19/h1-8,11,21H,9-10H2/b7-5+. The fourth-order valence-electron chi connectivity index (χ4n) is 1.91. The van der Waals surface area contributed by atoms with Gasteiger partial charge in [-0.15, -0.1) is 11.6 Å². The zero-order valence-electron chi connectivity index (χ0n) is 11.2. The van der Waals surface area contributed by atoms with Gasteiger partial charge in [0.1, 0.15) is 5.75 Å². The third kappa shape index (κ3) is 4.10. The van der Waals surface area contributed by atoms with Gasteiger partial charge in [-0.05, 0) is 54.0 Å². The highest BCUT2D eigenvalue weighted by molar-refractivity contribution is 6.32. The molecular weight excluding hydrogens is 307 g/mol. The Balaban J connectivity index is 2.21. The lowest BCUT2D eigenvalue weighted by atomic mass is 10.0. The quantitative estimate of drug-likeness (QED) is 0.491. The number of carbonyl (C=O) groups is 1. The monoisotopic (exact) mass is 320 g/mol. The first-order valence-electron chi connectivity index (χ1n) is 6.46. The van der Waals surface area contributed by atoms with E-state index >= 15 is 0 Å². The minimum Gasteiger partial charge on any atom is -0.508 e. The Bertz CT molecular complexity index is 678. The Labute approximate surface area is 133 Å². The number of phenolic OH excluding ortho intramolecular Hbond substituents is 1. The number of allylic oxidation sites excluding steroid dienone is 1. The number of rotatable bonds is 5. The SMILES string of the molecule is O=C(/C=C/c1ccccc1Cl)c1ccc(O)c(CCCl)c1. The molecule has 0 saturated carbocycles. The van der Waals surface area contributed by atoms with Gasteiger partial charge in [-0.3, -0.25) is 4.79 Å². The number of carbonyl (C=O) groups excluding carboxylic acids is 1. The maximum Gasteiger partial charge on any atom is 0.185 e. The van der Waals surface area contributed by atoms with E-state index in [1.807, 2.05) is 18.2 Å². The van der Waals surface area contributed by atoms with Gasteiger partial charge in [0.2, 0.25) is 0 Å². The van der Waals surface area contributed by atoms with Gasteiger partial charge in [0.05, 0.1) is 0 Å². The van der Waals surface area contributed by atoms with Crippen LogP contribution in [0.1, 0.15) is 21.5 Å². The summed E-state index contributed by atoms with van der Waals surface area (Å²) in [4.78, 5) is 12.2. The summed E-state index contributed by atoms with van der Waals surface area (Å²) in [5, 5.41) is 10.3. The van der Waals surface area contributed by atoms with Crippen molar-refractivity contribution in [3.8, 4) is 5.75 Å². The molecule has 0 atom stereocenters. The van der Waals surface area contributed by atoms with Crippen molar-refractivity contribution in [3.05, 3.63) is 70.3 Å². The van der Waals surface area contributed by atoms with Crippen molar-refractivity contribution >= 4 is 35.1 Å². The third-order valence-electron chi connectivity index (χ3n) is 3.05. The molecule has 0 aliphatic heterocycles. The number of hydrogen-bond acceptors (Lipinski definition) is 2. The topological polar surface area (TPSA) is 37.3 Å². The van der Waals surface area contributed by atoms with E-state index in [-0.39, 0.29) is 11.5 Å². The molecule has 1 N–H and O–H groups in total. The molecule has 0 unspecified atom stereocenters. The number of aromatic hydroxyl groups is 1. The van der Waals surface area contributed by atoms with Gasteiger partial charge in [-0.2, -0.15) is 0 Å². The van der Waals surface area contributed by atoms with Crippen molar-refractivity contribution in [1.29, 1.82) is 0 Å². The van der Waals surface area contributed by atoms with Crippen molar-refractivity contribution < 1.29 is 9.90 Å². The molecule has 0 aromatic heterocycles. The summed E-state index contributed by atoms with van der Waals surface area (Å²) >= 11 is 11.7. The second-order valence-electron chi connectivity index (χ2n) is 4.50. The summed E-state index contributed by atoms with van der Waals surface area (Å²) in [5.74, 6) is 0.397. The molecule has 0 radical (unpaired) electrons. The molecule has 2 nitrogen and oxygen atoms in total. The van der Waals surface area contributed by atoms with E-state index in [1.165, 1.54) is 12.1 Å². The van der Waals surface area contributed by atoms with Crippen LogP contribution in [0.5, 0.6) is 5.75 Å². The van der Waals surface area contributed by atoms with Crippen LogP contribution in [-0.2, 0) is 6.42 Å². The van der Waals surface area contributed by atoms with E-state index in [1.54, 1.807) is 24.3 Å². The number of phenols is 1. The fourth-order valence-corrected chi connectivity index (χ4v) is 2.32. The summed E-state index contributed by atoms with van der Waals surface area (Å²) in [6, 6.07) is 12.1. The van der Waals surface area contributed by atoms with Crippen LogP contribution in [0.2, 0.25) is 5.02 Å². The van der Waals surface area contributed by atoms with Gasteiger partial charge in [0.25, 0.3) is 0 Å². The van der Waals surface area contributed by atoms with E-state index in [0.29, 0.717) is 28.5 Å². The molecular formula is C17H14Cl2O2. The molecule has 0 bridgehead atoms. The highest BCUT2D eigenvalue weighted by atomic mass is 35.5. The molecule has 21 heavy (non-hydrogen) atoms. The molecule has 0 aliphatic rings. The number of ketones is 1. The first-order valence-corrected chi connectivity index (χ1v) is 7.38. The Kier molecular flexibility index (Phi) is 5.43. The van der Waals surface area contributed by atoms with Crippen LogP contribution in [0, 0.1) is 0 Å². The van der Waals surface area contributed by atoms with Crippen LogP contribution >= 0.6 is 23.2 Å². The van der Waals surface area contributed by atoms with Gasteiger partial charge in [0.15, 0.2) is 5.78 Å². The van der Waals surface area contributed by atoms with E-state index in [9.17, 15) is 9.90 Å². The molecule has 2 rings (SSSR count). The first kappa shape index (κ1) is 15.6. The molecule has 0 fully saturated rings. The van der Waals surface area contributed by atoms with E-state index < -0.39 is 0 Å². The normalized spacial score (nSPS) is 11.0. The van der Waals surface area contributed by atoms with Crippen LogP contribution in [0.15, 0.2) is 48.5 Å².